The van der Waals surface area contributed by atoms with E-state index in [0.717, 1.165) is 25.9 Å². The standard InChI is InChI=1S/C15H20FNO2/c1-11(17-8-6-12(10-18)7-9-17)15(19)13-2-4-14(16)5-3-13/h2-5,11-12,18H,6-10H2,1H3. The number of rotatable bonds is 4. The number of benzene rings is 1. The van der Waals surface area contributed by atoms with Crippen molar-refractivity contribution in [2.45, 2.75) is 25.8 Å². The lowest BCUT2D eigenvalue weighted by molar-refractivity contribution is 0.0721. The molecule has 0 aliphatic carbocycles. The first-order chi connectivity index (χ1) is 9.11. The maximum Gasteiger partial charge on any atom is 0.179 e. The van der Waals surface area contributed by atoms with E-state index in [1.807, 2.05) is 6.92 Å². The molecule has 2 rings (SSSR count). The lowest BCUT2D eigenvalue weighted by Gasteiger charge is -2.34. The maximum absolute atomic E-state index is 12.8. The summed E-state index contributed by atoms with van der Waals surface area (Å²) in [6, 6.07) is 5.52. The highest BCUT2D eigenvalue weighted by Gasteiger charge is 2.26. The molecule has 3 nitrogen and oxygen atoms in total. The zero-order valence-corrected chi connectivity index (χ0v) is 11.2. The second-order valence-electron chi connectivity index (χ2n) is 5.21. The van der Waals surface area contributed by atoms with E-state index in [4.69, 9.17) is 5.11 Å². The van der Waals surface area contributed by atoms with Crippen LogP contribution >= 0.6 is 0 Å². The molecule has 0 amide bonds. The van der Waals surface area contributed by atoms with Crippen molar-refractivity contribution in [1.29, 1.82) is 0 Å². The quantitative estimate of drug-likeness (QED) is 0.848. The van der Waals surface area contributed by atoms with Gasteiger partial charge in [0, 0.05) is 12.2 Å². The highest BCUT2D eigenvalue weighted by atomic mass is 19.1. The Kier molecular flexibility index (Phi) is 4.66. The van der Waals surface area contributed by atoms with Crippen LogP contribution in [0.3, 0.4) is 0 Å². The fourth-order valence-electron chi connectivity index (χ4n) is 2.54. The van der Waals surface area contributed by atoms with Crippen LogP contribution < -0.4 is 0 Å². The van der Waals surface area contributed by atoms with E-state index >= 15 is 0 Å². The molecule has 1 saturated heterocycles. The third-order valence-electron chi connectivity index (χ3n) is 3.96. The second-order valence-corrected chi connectivity index (χ2v) is 5.21. The molecule has 0 bridgehead atoms. The van der Waals surface area contributed by atoms with E-state index in [2.05, 4.69) is 4.90 Å². The largest absolute Gasteiger partial charge is 0.396 e. The van der Waals surface area contributed by atoms with Crippen LogP contribution in [0.5, 0.6) is 0 Å². The summed E-state index contributed by atoms with van der Waals surface area (Å²) in [5.41, 5.74) is 0.554. The van der Waals surface area contributed by atoms with Crippen molar-refractivity contribution in [3.8, 4) is 0 Å². The molecule has 0 saturated carbocycles. The number of aliphatic hydroxyl groups excluding tert-OH is 1. The molecule has 1 N–H and O–H groups in total. The summed E-state index contributed by atoms with van der Waals surface area (Å²) in [5.74, 6) is 0.0692. The Morgan fingerprint density at radius 1 is 1.37 bits per heavy atom. The zero-order valence-electron chi connectivity index (χ0n) is 11.2. The van der Waals surface area contributed by atoms with Gasteiger partial charge in [0.1, 0.15) is 5.82 Å². The average Bonchev–Trinajstić information content (AvgIpc) is 2.46. The van der Waals surface area contributed by atoms with Crippen molar-refractivity contribution in [2.75, 3.05) is 19.7 Å². The highest BCUT2D eigenvalue weighted by molar-refractivity contribution is 5.99. The van der Waals surface area contributed by atoms with Gasteiger partial charge in [0.2, 0.25) is 0 Å². The second kappa shape index (κ2) is 6.26. The summed E-state index contributed by atoms with van der Waals surface area (Å²) >= 11 is 0. The van der Waals surface area contributed by atoms with Gasteiger partial charge in [0.15, 0.2) is 5.78 Å². The highest BCUT2D eigenvalue weighted by Crippen LogP contribution is 2.20. The smallest absolute Gasteiger partial charge is 0.179 e. The van der Waals surface area contributed by atoms with Crippen LogP contribution in [-0.2, 0) is 0 Å². The molecule has 104 valence electrons. The Morgan fingerprint density at radius 3 is 2.47 bits per heavy atom. The molecule has 1 heterocycles. The SMILES string of the molecule is CC(C(=O)c1ccc(F)cc1)N1CCC(CO)CC1. The Morgan fingerprint density at radius 2 is 1.95 bits per heavy atom. The van der Waals surface area contributed by atoms with Gasteiger partial charge >= 0.3 is 0 Å². The number of carbonyl (C=O) groups excluding carboxylic acids is 1. The van der Waals surface area contributed by atoms with E-state index in [1.165, 1.54) is 24.3 Å². The number of hydrogen-bond acceptors (Lipinski definition) is 3. The Balaban J connectivity index is 1.98. The van der Waals surface area contributed by atoms with Crippen molar-refractivity contribution < 1.29 is 14.3 Å². The zero-order chi connectivity index (χ0) is 13.8. The summed E-state index contributed by atoms with van der Waals surface area (Å²) in [7, 11) is 0. The van der Waals surface area contributed by atoms with Crippen LogP contribution in [0.4, 0.5) is 4.39 Å². The van der Waals surface area contributed by atoms with Gasteiger partial charge in [-0.1, -0.05) is 0 Å². The minimum Gasteiger partial charge on any atom is -0.396 e. The first-order valence-electron chi connectivity index (χ1n) is 6.76. The number of halogens is 1. The van der Waals surface area contributed by atoms with E-state index in [-0.39, 0.29) is 24.2 Å². The molecule has 0 aromatic heterocycles. The fraction of sp³-hybridized carbons (Fsp3) is 0.533. The third kappa shape index (κ3) is 3.39. The molecule has 1 aromatic carbocycles. The van der Waals surface area contributed by atoms with Gasteiger partial charge in [0.25, 0.3) is 0 Å². The summed E-state index contributed by atoms with van der Waals surface area (Å²) in [4.78, 5) is 14.4. The molecule has 1 unspecified atom stereocenters. The predicted octanol–water partition coefficient (Wildman–Crippen LogP) is 2.10. The van der Waals surface area contributed by atoms with Crippen LogP contribution in [-0.4, -0.2) is 41.5 Å². The monoisotopic (exact) mass is 265 g/mol. The van der Waals surface area contributed by atoms with Gasteiger partial charge in [-0.05, 0) is 63.0 Å². The normalized spacial score (nSPS) is 19.3. The molecule has 1 atom stereocenters. The molecular weight excluding hydrogens is 245 g/mol. The summed E-state index contributed by atoms with van der Waals surface area (Å²) in [6.45, 7) is 3.79. The minimum absolute atomic E-state index is 0.0300. The molecule has 1 fully saturated rings. The molecule has 19 heavy (non-hydrogen) atoms. The molecule has 0 radical (unpaired) electrons. The summed E-state index contributed by atoms with van der Waals surface area (Å²) in [6.07, 6.45) is 1.86. The molecular formula is C15H20FNO2. The van der Waals surface area contributed by atoms with Crippen molar-refractivity contribution in [3.63, 3.8) is 0 Å². The van der Waals surface area contributed by atoms with E-state index in [0.29, 0.717) is 11.5 Å². The fourth-order valence-corrected chi connectivity index (χ4v) is 2.54. The van der Waals surface area contributed by atoms with E-state index in [9.17, 15) is 9.18 Å². The van der Waals surface area contributed by atoms with Gasteiger partial charge in [-0.15, -0.1) is 0 Å². The molecule has 4 heteroatoms. The van der Waals surface area contributed by atoms with Crippen LogP contribution in [0, 0.1) is 11.7 Å². The van der Waals surface area contributed by atoms with Gasteiger partial charge in [0.05, 0.1) is 6.04 Å². The summed E-state index contributed by atoms with van der Waals surface area (Å²) in [5, 5.41) is 9.11. The number of ketones is 1. The first-order valence-corrected chi connectivity index (χ1v) is 6.76. The van der Waals surface area contributed by atoms with Crippen molar-refractivity contribution in [1.82, 2.24) is 4.90 Å². The maximum atomic E-state index is 12.8. The number of aliphatic hydroxyl groups is 1. The first kappa shape index (κ1) is 14.2. The molecule has 1 aliphatic rings. The van der Waals surface area contributed by atoms with Crippen LogP contribution in [0.25, 0.3) is 0 Å². The number of carbonyl (C=O) groups is 1. The molecule has 1 aliphatic heterocycles. The topological polar surface area (TPSA) is 40.5 Å². The van der Waals surface area contributed by atoms with Gasteiger partial charge < -0.3 is 5.11 Å². The van der Waals surface area contributed by atoms with E-state index < -0.39 is 0 Å². The number of hydrogen-bond donors (Lipinski definition) is 1. The number of piperidine rings is 1. The Bertz CT molecular complexity index is 424. The number of Topliss-reactive ketones (excluding diaryl/α,β-unsaturated/α-hetero) is 1. The third-order valence-corrected chi connectivity index (χ3v) is 3.96. The van der Waals surface area contributed by atoms with Crippen LogP contribution in [0.1, 0.15) is 30.1 Å². The molecule has 1 aromatic rings. The van der Waals surface area contributed by atoms with Crippen molar-refractivity contribution in [3.05, 3.63) is 35.6 Å². The average molecular weight is 265 g/mol. The summed E-state index contributed by atoms with van der Waals surface area (Å²) < 4.78 is 12.8. The Labute approximate surface area is 113 Å². The van der Waals surface area contributed by atoms with Crippen molar-refractivity contribution >= 4 is 5.78 Å². The molecule has 0 spiro atoms. The van der Waals surface area contributed by atoms with Gasteiger partial charge in [-0.25, -0.2) is 4.39 Å². The number of nitrogens with zero attached hydrogens (tertiary/aromatic N) is 1. The van der Waals surface area contributed by atoms with E-state index in [1.54, 1.807) is 0 Å². The lowest BCUT2D eigenvalue weighted by Crippen LogP contribution is -2.44. The minimum atomic E-state index is -0.326. The van der Waals surface area contributed by atoms with Gasteiger partial charge in [-0.3, -0.25) is 9.69 Å². The van der Waals surface area contributed by atoms with Crippen LogP contribution in [0.2, 0.25) is 0 Å². The van der Waals surface area contributed by atoms with Gasteiger partial charge in [-0.2, -0.15) is 0 Å². The predicted molar refractivity (Wildman–Crippen MR) is 71.6 cm³/mol. The lowest BCUT2D eigenvalue weighted by atomic mass is 9.95. The number of likely N-dealkylation sites (tertiary alicyclic amines) is 1. The van der Waals surface area contributed by atoms with Crippen LogP contribution in [0.15, 0.2) is 24.3 Å². The van der Waals surface area contributed by atoms with Crippen molar-refractivity contribution in [2.24, 2.45) is 5.92 Å². The Hall–Kier alpha value is -1.26.